The molecule has 29 heavy (non-hydrogen) atoms. The Kier molecular flexibility index (Phi) is 6.03. The zero-order valence-corrected chi connectivity index (χ0v) is 15.9. The van der Waals surface area contributed by atoms with E-state index in [2.05, 4.69) is 15.0 Å². The van der Waals surface area contributed by atoms with Crippen molar-refractivity contribution < 1.29 is 19.1 Å². The predicted octanol–water partition coefficient (Wildman–Crippen LogP) is 2.34. The van der Waals surface area contributed by atoms with Crippen molar-refractivity contribution in [3.63, 3.8) is 0 Å². The maximum Gasteiger partial charge on any atom is 0.337 e. The number of carbonyl (C=O) groups excluding carboxylic acids is 2. The van der Waals surface area contributed by atoms with Crippen LogP contribution in [0.1, 0.15) is 10.4 Å². The van der Waals surface area contributed by atoms with Crippen LogP contribution < -0.4 is 15.6 Å². The number of aromatic nitrogens is 2. The Balaban J connectivity index is 1.71. The average molecular weight is 393 g/mol. The van der Waals surface area contributed by atoms with Crippen LogP contribution in [0.15, 0.2) is 65.7 Å². The Morgan fingerprint density at radius 2 is 1.79 bits per heavy atom. The zero-order chi connectivity index (χ0) is 20.8. The molecule has 148 valence electrons. The summed E-state index contributed by atoms with van der Waals surface area (Å²) in [5.74, 6) is -0.259. The van der Waals surface area contributed by atoms with E-state index in [1.165, 1.54) is 36.2 Å². The SMILES string of the molecule is COC(=O)c1ccc(NC(=O)Cn2cnc(-c3ccccc3OC)cc2=O)cc1. The summed E-state index contributed by atoms with van der Waals surface area (Å²) >= 11 is 0. The molecule has 0 saturated heterocycles. The zero-order valence-electron chi connectivity index (χ0n) is 15.9. The fourth-order valence-electron chi connectivity index (χ4n) is 2.71. The molecule has 0 radical (unpaired) electrons. The van der Waals surface area contributed by atoms with E-state index in [0.717, 1.165) is 0 Å². The predicted molar refractivity (Wildman–Crippen MR) is 107 cm³/mol. The van der Waals surface area contributed by atoms with Crippen molar-refractivity contribution in [3.8, 4) is 17.0 Å². The number of nitrogens with one attached hydrogen (secondary N) is 1. The van der Waals surface area contributed by atoms with Gasteiger partial charge < -0.3 is 14.8 Å². The third kappa shape index (κ3) is 4.67. The third-order valence-electron chi connectivity index (χ3n) is 4.17. The minimum atomic E-state index is -0.462. The minimum Gasteiger partial charge on any atom is -0.496 e. The molecule has 1 N–H and O–H groups in total. The van der Waals surface area contributed by atoms with Crippen LogP contribution in [0.5, 0.6) is 5.75 Å². The fraction of sp³-hybridized carbons (Fsp3) is 0.143. The number of anilines is 1. The highest BCUT2D eigenvalue weighted by molar-refractivity contribution is 5.92. The lowest BCUT2D eigenvalue weighted by atomic mass is 10.1. The topological polar surface area (TPSA) is 99.5 Å². The summed E-state index contributed by atoms with van der Waals surface area (Å²) in [4.78, 5) is 40.4. The van der Waals surface area contributed by atoms with Crippen LogP contribution in [0.4, 0.5) is 5.69 Å². The second-order valence-corrected chi connectivity index (χ2v) is 6.06. The summed E-state index contributed by atoms with van der Waals surface area (Å²) in [6, 6.07) is 14.8. The van der Waals surface area contributed by atoms with E-state index in [1.54, 1.807) is 31.4 Å². The molecular weight excluding hydrogens is 374 g/mol. The van der Waals surface area contributed by atoms with Crippen LogP contribution in [-0.2, 0) is 16.1 Å². The van der Waals surface area contributed by atoms with Crippen molar-refractivity contribution in [2.45, 2.75) is 6.54 Å². The second kappa shape index (κ2) is 8.83. The van der Waals surface area contributed by atoms with Gasteiger partial charge in [-0.3, -0.25) is 14.2 Å². The van der Waals surface area contributed by atoms with Gasteiger partial charge in [0, 0.05) is 17.3 Å². The maximum atomic E-state index is 12.4. The summed E-state index contributed by atoms with van der Waals surface area (Å²) < 4.78 is 11.1. The van der Waals surface area contributed by atoms with E-state index < -0.39 is 11.9 Å². The van der Waals surface area contributed by atoms with Gasteiger partial charge in [-0.25, -0.2) is 9.78 Å². The lowest BCUT2D eigenvalue weighted by Crippen LogP contribution is -2.27. The standard InChI is InChI=1S/C21H19N3O5/c1-28-18-6-4-3-5-16(18)17-11-20(26)24(13-22-17)12-19(25)23-15-9-7-14(8-10-15)21(27)29-2/h3-11,13H,12H2,1-2H3,(H,23,25). The average Bonchev–Trinajstić information content (AvgIpc) is 2.75. The first-order valence-corrected chi connectivity index (χ1v) is 8.70. The molecule has 2 aromatic carbocycles. The molecule has 0 atom stereocenters. The van der Waals surface area contributed by atoms with Crippen LogP contribution in [-0.4, -0.2) is 35.6 Å². The minimum absolute atomic E-state index is 0.198. The Morgan fingerprint density at radius 3 is 2.45 bits per heavy atom. The number of ether oxygens (including phenoxy) is 2. The van der Waals surface area contributed by atoms with E-state index in [4.69, 9.17) is 4.74 Å². The lowest BCUT2D eigenvalue weighted by Gasteiger charge is -2.10. The molecule has 0 fully saturated rings. The van der Waals surface area contributed by atoms with Crippen LogP contribution >= 0.6 is 0 Å². The number of esters is 1. The third-order valence-corrected chi connectivity index (χ3v) is 4.17. The monoisotopic (exact) mass is 393 g/mol. The van der Waals surface area contributed by atoms with Crippen molar-refractivity contribution in [1.82, 2.24) is 9.55 Å². The molecule has 3 aromatic rings. The number of carbonyl (C=O) groups is 2. The van der Waals surface area contributed by atoms with Gasteiger partial charge in [-0.15, -0.1) is 0 Å². The van der Waals surface area contributed by atoms with E-state index in [9.17, 15) is 14.4 Å². The fourth-order valence-corrected chi connectivity index (χ4v) is 2.71. The Morgan fingerprint density at radius 1 is 1.07 bits per heavy atom. The summed E-state index contributed by atoms with van der Waals surface area (Å²) in [6.07, 6.45) is 1.32. The molecule has 0 aliphatic rings. The molecule has 0 unspecified atom stereocenters. The van der Waals surface area contributed by atoms with Gasteiger partial charge in [-0.1, -0.05) is 12.1 Å². The first-order valence-electron chi connectivity index (χ1n) is 8.70. The summed E-state index contributed by atoms with van der Waals surface area (Å²) in [5, 5.41) is 2.67. The molecule has 1 aromatic heterocycles. The largest absolute Gasteiger partial charge is 0.496 e. The van der Waals surface area contributed by atoms with Gasteiger partial charge in [-0.05, 0) is 36.4 Å². The first-order chi connectivity index (χ1) is 14.0. The Bertz CT molecular complexity index is 1090. The van der Waals surface area contributed by atoms with Crippen LogP contribution in [0.25, 0.3) is 11.3 Å². The summed E-state index contributed by atoms with van der Waals surface area (Å²) in [5.41, 5.74) is 1.65. The van der Waals surface area contributed by atoms with Crippen LogP contribution in [0, 0.1) is 0 Å². The van der Waals surface area contributed by atoms with Gasteiger partial charge in [0.2, 0.25) is 5.91 Å². The summed E-state index contributed by atoms with van der Waals surface area (Å²) in [6.45, 7) is -0.198. The molecule has 0 aliphatic carbocycles. The second-order valence-electron chi connectivity index (χ2n) is 6.06. The normalized spacial score (nSPS) is 10.3. The highest BCUT2D eigenvalue weighted by Gasteiger charge is 2.11. The molecule has 1 heterocycles. The van der Waals surface area contributed by atoms with Gasteiger partial charge >= 0.3 is 5.97 Å². The van der Waals surface area contributed by atoms with E-state index >= 15 is 0 Å². The van der Waals surface area contributed by atoms with Crippen molar-refractivity contribution in [3.05, 3.63) is 76.8 Å². The smallest absolute Gasteiger partial charge is 0.337 e. The molecule has 3 rings (SSSR count). The highest BCUT2D eigenvalue weighted by atomic mass is 16.5. The Hall–Kier alpha value is -3.94. The number of hydrogen-bond acceptors (Lipinski definition) is 6. The van der Waals surface area contributed by atoms with E-state index in [0.29, 0.717) is 28.3 Å². The van der Waals surface area contributed by atoms with E-state index in [-0.39, 0.29) is 12.1 Å². The lowest BCUT2D eigenvalue weighted by molar-refractivity contribution is -0.116. The van der Waals surface area contributed by atoms with Crippen molar-refractivity contribution in [2.75, 3.05) is 19.5 Å². The van der Waals surface area contributed by atoms with Crippen LogP contribution in [0.3, 0.4) is 0 Å². The molecule has 0 saturated carbocycles. The molecule has 0 bridgehead atoms. The van der Waals surface area contributed by atoms with Crippen molar-refractivity contribution in [2.24, 2.45) is 0 Å². The molecule has 1 amide bonds. The number of methoxy groups -OCH3 is 2. The maximum absolute atomic E-state index is 12.4. The van der Waals surface area contributed by atoms with E-state index in [1.807, 2.05) is 12.1 Å². The number of rotatable bonds is 6. The van der Waals surface area contributed by atoms with Gasteiger partial charge in [0.15, 0.2) is 0 Å². The molecular formula is C21H19N3O5. The van der Waals surface area contributed by atoms with Crippen molar-refractivity contribution >= 4 is 17.6 Å². The van der Waals surface area contributed by atoms with Gasteiger partial charge in [0.25, 0.3) is 5.56 Å². The molecule has 0 spiro atoms. The number of hydrogen-bond donors (Lipinski definition) is 1. The number of benzene rings is 2. The number of nitrogens with zero attached hydrogens (tertiary/aromatic N) is 2. The number of para-hydroxylation sites is 1. The Labute approximate surface area is 166 Å². The highest BCUT2D eigenvalue weighted by Crippen LogP contribution is 2.26. The van der Waals surface area contributed by atoms with Crippen molar-refractivity contribution in [1.29, 1.82) is 0 Å². The molecule has 0 aliphatic heterocycles. The van der Waals surface area contributed by atoms with Gasteiger partial charge in [-0.2, -0.15) is 0 Å². The quantitative estimate of drug-likeness (QED) is 0.646. The molecule has 8 nitrogen and oxygen atoms in total. The van der Waals surface area contributed by atoms with Crippen LogP contribution in [0.2, 0.25) is 0 Å². The number of amides is 1. The molecule has 8 heteroatoms. The summed E-state index contributed by atoms with van der Waals surface area (Å²) in [7, 11) is 2.84. The van der Waals surface area contributed by atoms with Gasteiger partial charge in [0.1, 0.15) is 12.3 Å². The van der Waals surface area contributed by atoms with Gasteiger partial charge in [0.05, 0.1) is 31.8 Å². The first kappa shape index (κ1) is 19.8.